The molecule has 9 heteroatoms. The van der Waals surface area contributed by atoms with Crippen molar-refractivity contribution in [2.75, 3.05) is 25.6 Å². The Morgan fingerprint density at radius 2 is 1.65 bits per heavy atom. The first-order valence-electron chi connectivity index (χ1n) is 9.67. The lowest BCUT2D eigenvalue weighted by Gasteiger charge is -2.22. The molecular weight excluding hydrogens is 441 g/mol. The van der Waals surface area contributed by atoms with E-state index < -0.39 is 17.9 Å². The number of hydrogen-bond donors (Lipinski definition) is 3. The van der Waals surface area contributed by atoms with Crippen molar-refractivity contribution in [2.24, 2.45) is 5.92 Å². The van der Waals surface area contributed by atoms with E-state index in [0.29, 0.717) is 23.9 Å². The highest BCUT2D eigenvalue weighted by Crippen LogP contribution is 2.22. The summed E-state index contributed by atoms with van der Waals surface area (Å²) in [6.45, 7) is 4.37. The molecule has 3 amide bonds. The Bertz CT molecular complexity index is 950. The molecule has 2 aromatic carbocycles. The predicted octanol–water partition coefficient (Wildman–Crippen LogP) is 3.76. The summed E-state index contributed by atoms with van der Waals surface area (Å²) in [7, 11) is 1.54. The minimum atomic E-state index is -0.806. The number of benzene rings is 2. The van der Waals surface area contributed by atoms with Crippen LogP contribution >= 0.6 is 23.2 Å². The Labute approximate surface area is 191 Å². The van der Waals surface area contributed by atoms with Gasteiger partial charge in [0.15, 0.2) is 0 Å². The Balaban J connectivity index is 2.08. The molecule has 0 aliphatic carbocycles. The molecule has 0 aliphatic heterocycles. The summed E-state index contributed by atoms with van der Waals surface area (Å²) in [5.74, 6) is -1.39. The lowest BCUT2D eigenvalue weighted by molar-refractivity contribution is -0.118. The van der Waals surface area contributed by atoms with Crippen molar-refractivity contribution >= 4 is 46.6 Å². The number of amides is 3. The maximum Gasteiger partial charge on any atom is 0.253 e. The number of carbonyl (C=O) groups is 3. The number of carbonyl (C=O) groups excluding carboxylic acids is 3. The summed E-state index contributed by atoms with van der Waals surface area (Å²) in [4.78, 5) is 37.5. The molecule has 31 heavy (non-hydrogen) atoms. The Kier molecular flexibility index (Phi) is 9.30. The first-order valence-corrected chi connectivity index (χ1v) is 10.4. The van der Waals surface area contributed by atoms with Crippen LogP contribution in [0.15, 0.2) is 42.5 Å². The lowest BCUT2D eigenvalue weighted by atomic mass is 10.0. The van der Waals surface area contributed by atoms with E-state index in [1.54, 1.807) is 30.3 Å². The zero-order valence-electron chi connectivity index (χ0n) is 17.5. The average molecular weight is 466 g/mol. The van der Waals surface area contributed by atoms with Gasteiger partial charge < -0.3 is 20.7 Å². The molecule has 0 aliphatic rings. The second kappa shape index (κ2) is 11.7. The van der Waals surface area contributed by atoms with Gasteiger partial charge in [-0.1, -0.05) is 49.2 Å². The highest BCUT2D eigenvalue weighted by molar-refractivity contribution is 6.34. The molecule has 0 radical (unpaired) electrons. The van der Waals surface area contributed by atoms with Gasteiger partial charge in [0.25, 0.3) is 11.8 Å². The van der Waals surface area contributed by atoms with E-state index in [9.17, 15) is 14.4 Å². The Hall–Kier alpha value is -2.61. The zero-order chi connectivity index (χ0) is 23.0. The van der Waals surface area contributed by atoms with Crippen LogP contribution in [0.3, 0.4) is 0 Å². The molecular formula is C22H25Cl2N3O4. The van der Waals surface area contributed by atoms with Crippen molar-refractivity contribution in [1.82, 2.24) is 10.6 Å². The normalized spacial score (nSPS) is 11.7. The van der Waals surface area contributed by atoms with Crippen molar-refractivity contribution < 1.29 is 19.1 Å². The van der Waals surface area contributed by atoms with Crippen LogP contribution < -0.4 is 16.0 Å². The Morgan fingerprint density at radius 3 is 2.26 bits per heavy atom. The first kappa shape index (κ1) is 24.7. The molecule has 0 heterocycles. The lowest BCUT2D eigenvalue weighted by Crippen LogP contribution is -2.47. The Morgan fingerprint density at radius 1 is 0.968 bits per heavy atom. The van der Waals surface area contributed by atoms with Crippen molar-refractivity contribution in [3.05, 3.63) is 63.6 Å². The molecule has 3 N–H and O–H groups in total. The van der Waals surface area contributed by atoms with E-state index in [-0.39, 0.29) is 28.0 Å². The van der Waals surface area contributed by atoms with E-state index >= 15 is 0 Å². The number of anilines is 1. The molecule has 2 rings (SSSR count). The van der Waals surface area contributed by atoms with Crippen LogP contribution in [0.4, 0.5) is 5.69 Å². The number of halogens is 2. The van der Waals surface area contributed by atoms with Crippen molar-refractivity contribution in [1.29, 1.82) is 0 Å². The molecule has 0 saturated carbocycles. The molecule has 166 valence electrons. The molecule has 1 atom stereocenters. The van der Waals surface area contributed by atoms with Gasteiger partial charge in [-0.05, 0) is 36.2 Å². The van der Waals surface area contributed by atoms with Crippen LogP contribution in [0.25, 0.3) is 0 Å². The molecule has 1 unspecified atom stereocenters. The van der Waals surface area contributed by atoms with E-state index in [0.717, 1.165) is 0 Å². The number of nitrogens with one attached hydrogen (secondary N) is 3. The second-order valence-electron chi connectivity index (χ2n) is 7.11. The molecule has 0 fully saturated rings. The third-order valence-corrected chi connectivity index (χ3v) is 5.07. The fourth-order valence-corrected chi connectivity index (χ4v) is 3.25. The fraction of sp³-hybridized carbons (Fsp3) is 0.318. The van der Waals surface area contributed by atoms with Crippen molar-refractivity contribution in [2.45, 2.75) is 19.9 Å². The number of ether oxygens (including phenoxy) is 1. The van der Waals surface area contributed by atoms with Crippen LogP contribution in [0.1, 0.15) is 34.6 Å². The molecule has 0 aromatic heterocycles. The first-order chi connectivity index (χ1) is 14.7. The molecule has 0 spiro atoms. The van der Waals surface area contributed by atoms with Gasteiger partial charge in [-0.3, -0.25) is 14.4 Å². The third-order valence-electron chi connectivity index (χ3n) is 4.43. The average Bonchev–Trinajstić information content (AvgIpc) is 2.72. The fourth-order valence-electron chi connectivity index (χ4n) is 2.76. The number of methoxy groups -OCH3 is 1. The quantitative estimate of drug-likeness (QED) is 0.491. The van der Waals surface area contributed by atoms with Crippen molar-refractivity contribution in [3.63, 3.8) is 0 Å². The van der Waals surface area contributed by atoms with E-state index in [2.05, 4.69) is 16.0 Å². The van der Waals surface area contributed by atoms with E-state index in [1.165, 1.54) is 19.2 Å². The molecule has 0 saturated heterocycles. The van der Waals surface area contributed by atoms with Crippen molar-refractivity contribution in [3.8, 4) is 0 Å². The predicted molar refractivity (Wildman–Crippen MR) is 122 cm³/mol. The second-order valence-corrected chi connectivity index (χ2v) is 7.92. The van der Waals surface area contributed by atoms with Crippen LogP contribution in [-0.2, 0) is 9.53 Å². The summed E-state index contributed by atoms with van der Waals surface area (Å²) in [5.41, 5.74) is 0.971. The number of hydrogen-bond acceptors (Lipinski definition) is 4. The molecule has 2 aromatic rings. The van der Waals surface area contributed by atoms with Gasteiger partial charge in [-0.25, -0.2) is 0 Å². The standard InChI is InChI=1S/C22H25Cl2N3O4/c1-13(2)19(27-21(29)15-6-4-5-7-17(15)23)22(30)26-14-8-9-16(18(24)12-14)20(28)25-10-11-31-3/h4-9,12-13,19H,10-11H2,1-3H3,(H,25,28)(H,26,30)(H,27,29). The van der Waals surface area contributed by atoms with Gasteiger partial charge in [0.05, 0.1) is 27.8 Å². The highest BCUT2D eigenvalue weighted by atomic mass is 35.5. The van der Waals surface area contributed by atoms with Crippen LogP contribution in [0.5, 0.6) is 0 Å². The van der Waals surface area contributed by atoms with E-state index in [1.807, 2.05) is 13.8 Å². The smallest absolute Gasteiger partial charge is 0.253 e. The maximum atomic E-state index is 12.8. The van der Waals surface area contributed by atoms with Gasteiger partial charge >= 0.3 is 0 Å². The third kappa shape index (κ3) is 6.95. The van der Waals surface area contributed by atoms with Gasteiger partial charge in [0.2, 0.25) is 5.91 Å². The van der Waals surface area contributed by atoms with Crippen LogP contribution in [0, 0.1) is 5.92 Å². The zero-order valence-corrected chi connectivity index (χ0v) is 19.0. The summed E-state index contributed by atoms with van der Waals surface area (Å²) in [6.07, 6.45) is 0. The molecule has 7 nitrogen and oxygen atoms in total. The highest BCUT2D eigenvalue weighted by Gasteiger charge is 2.26. The van der Waals surface area contributed by atoms with Crippen LogP contribution in [0.2, 0.25) is 10.0 Å². The summed E-state index contributed by atoms with van der Waals surface area (Å²) < 4.78 is 4.89. The topological polar surface area (TPSA) is 96.5 Å². The van der Waals surface area contributed by atoms with E-state index in [4.69, 9.17) is 27.9 Å². The van der Waals surface area contributed by atoms with Gasteiger partial charge in [0.1, 0.15) is 6.04 Å². The van der Waals surface area contributed by atoms with Gasteiger partial charge in [-0.15, -0.1) is 0 Å². The van der Waals surface area contributed by atoms with Gasteiger partial charge in [0, 0.05) is 19.3 Å². The number of rotatable bonds is 9. The minimum absolute atomic E-state index is 0.187. The van der Waals surface area contributed by atoms with Gasteiger partial charge in [-0.2, -0.15) is 0 Å². The summed E-state index contributed by atoms with van der Waals surface area (Å²) in [5, 5.41) is 8.62. The summed E-state index contributed by atoms with van der Waals surface area (Å²) >= 11 is 12.3. The maximum absolute atomic E-state index is 12.8. The SMILES string of the molecule is COCCNC(=O)c1ccc(NC(=O)C(NC(=O)c2ccccc2Cl)C(C)C)cc1Cl. The van der Waals surface area contributed by atoms with Crippen LogP contribution in [-0.4, -0.2) is 44.0 Å². The minimum Gasteiger partial charge on any atom is -0.383 e. The monoisotopic (exact) mass is 465 g/mol. The summed E-state index contributed by atoms with van der Waals surface area (Å²) in [6, 6.07) is 10.4. The molecule has 0 bridgehead atoms. The largest absolute Gasteiger partial charge is 0.383 e.